The van der Waals surface area contributed by atoms with Crippen LogP contribution in [0.25, 0.3) is 0 Å². The molecule has 0 radical (unpaired) electrons. The maximum atomic E-state index is 6.07. The maximum absolute atomic E-state index is 6.07. The predicted octanol–water partition coefficient (Wildman–Crippen LogP) is 2.73. The highest BCUT2D eigenvalue weighted by Gasteiger charge is 2.18. The summed E-state index contributed by atoms with van der Waals surface area (Å²) in [5.41, 5.74) is 2.66. The second-order valence-corrected chi connectivity index (χ2v) is 4.05. The highest BCUT2D eigenvalue weighted by molar-refractivity contribution is 6.31. The molecule has 0 spiro atoms. The van der Waals surface area contributed by atoms with Crippen LogP contribution >= 0.6 is 11.6 Å². The average Bonchev–Trinajstić information content (AvgIpc) is 2.62. The highest BCUT2D eigenvalue weighted by atomic mass is 35.5. The summed E-state index contributed by atoms with van der Waals surface area (Å²) >= 11 is 6.07. The van der Waals surface area contributed by atoms with E-state index in [1.54, 1.807) is 0 Å². The van der Waals surface area contributed by atoms with Crippen LogP contribution in [0.15, 0.2) is 18.2 Å². The summed E-state index contributed by atoms with van der Waals surface area (Å²) in [7, 11) is 0. The molecular formula is C11H14ClN. The summed E-state index contributed by atoms with van der Waals surface area (Å²) < 4.78 is 0. The normalized spacial score (nSPS) is 22.2. The van der Waals surface area contributed by atoms with Gasteiger partial charge in [-0.2, -0.15) is 0 Å². The SMILES string of the molecule is Cc1c(Cl)cccc1C1CCNC1. The molecule has 1 nitrogen and oxygen atoms in total. The fourth-order valence-corrected chi connectivity index (χ4v) is 2.17. The van der Waals surface area contributed by atoms with Crippen molar-refractivity contribution in [3.8, 4) is 0 Å². The van der Waals surface area contributed by atoms with Crippen molar-refractivity contribution in [2.45, 2.75) is 19.3 Å². The van der Waals surface area contributed by atoms with Crippen LogP contribution in [0, 0.1) is 6.92 Å². The molecule has 70 valence electrons. The Kier molecular flexibility index (Phi) is 2.56. The third-order valence-corrected chi connectivity index (χ3v) is 3.22. The Hall–Kier alpha value is -0.530. The molecule has 1 N–H and O–H groups in total. The zero-order valence-corrected chi connectivity index (χ0v) is 8.56. The van der Waals surface area contributed by atoms with Gasteiger partial charge in [-0.1, -0.05) is 23.7 Å². The number of halogens is 1. The number of rotatable bonds is 1. The van der Waals surface area contributed by atoms with E-state index < -0.39 is 0 Å². The second-order valence-electron chi connectivity index (χ2n) is 3.64. The van der Waals surface area contributed by atoms with E-state index in [-0.39, 0.29) is 0 Å². The van der Waals surface area contributed by atoms with Crippen molar-refractivity contribution < 1.29 is 0 Å². The Balaban J connectivity index is 2.33. The fraction of sp³-hybridized carbons (Fsp3) is 0.455. The van der Waals surface area contributed by atoms with Gasteiger partial charge in [0, 0.05) is 11.6 Å². The summed E-state index contributed by atoms with van der Waals surface area (Å²) in [4.78, 5) is 0. The lowest BCUT2D eigenvalue weighted by Crippen LogP contribution is -2.08. The molecule has 13 heavy (non-hydrogen) atoms. The van der Waals surface area contributed by atoms with Gasteiger partial charge in [-0.15, -0.1) is 0 Å². The first-order chi connectivity index (χ1) is 6.29. The molecule has 0 aliphatic carbocycles. The molecule has 0 aromatic heterocycles. The van der Waals surface area contributed by atoms with Gasteiger partial charge < -0.3 is 5.32 Å². The molecular weight excluding hydrogens is 182 g/mol. The monoisotopic (exact) mass is 195 g/mol. The third kappa shape index (κ3) is 1.72. The van der Waals surface area contributed by atoms with E-state index in [0.29, 0.717) is 5.92 Å². The Morgan fingerprint density at radius 2 is 2.31 bits per heavy atom. The minimum Gasteiger partial charge on any atom is -0.316 e. The molecule has 0 bridgehead atoms. The van der Waals surface area contributed by atoms with Crippen molar-refractivity contribution in [1.82, 2.24) is 5.32 Å². The van der Waals surface area contributed by atoms with E-state index in [2.05, 4.69) is 18.3 Å². The van der Waals surface area contributed by atoms with Crippen LogP contribution in [0.4, 0.5) is 0 Å². The van der Waals surface area contributed by atoms with Crippen molar-refractivity contribution in [2.24, 2.45) is 0 Å². The largest absolute Gasteiger partial charge is 0.316 e. The van der Waals surface area contributed by atoms with Gasteiger partial charge >= 0.3 is 0 Å². The third-order valence-electron chi connectivity index (χ3n) is 2.81. The summed E-state index contributed by atoms with van der Waals surface area (Å²) in [6.07, 6.45) is 1.24. The Morgan fingerprint density at radius 3 is 3.00 bits per heavy atom. The van der Waals surface area contributed by atoms with Crippen LogP contribution in [0.5, 0.6) is 0 Å². The van der Waals surface area contributed by atoms with Gasteiger partial charge in [-0.3, -0.25) is 0 Å². The molecule has 0 amide bonds. The van der Waals surface area contributed by atoms with Gasteiger partial charge in [-0.25, -0.2) is 0 Å². The summed E-state index contributed by atoms with van der Waals surface area (Å²) in [5.74, 6) is 0.665. The van der Waals surface area contributed by atoms with Gasteiger partial charge in [0.15, 0.2) is 0 Å². The van der Waals surface area contributed by atoms with Gasteiger partial charge in [0.05, 0.1) is 0 Å². The minimum atomic E-state index is 0.665. The molecule has 1 aliphatic heterocycles. The predicted molar refractivity (Wildman–Crippen MR) is 56.4 cm³/mol. The molecule has 1 aliphatic rings. The van der Waals surface area contributed by atoms with Gasteiger partial charge in [0.2, 0.25) is 0 Å². The maximum Gasteiger partial charge on any atom is 0.0438 e. The van der Waals surface area contributed by atoms with E-state index in [4.69, 9.17) is 11.6 Å². The molecule has 1 fully saturated rings. The van der Waals surface area contributed by atoms with Crippen molar-refractivity contribution in [1.29, 1.82) is 0 Å². The van der Waals surface area contributed by atoms with Crippen LogP contribution in [0.3, 0.4) is 0 Å². The number of nitrogens with one attached hydrogen (secondary N) is 1. The Morgan fingerprint density at radius 1 is 1.46 bits per heavy atom. The van der Waals surface area contributed by atoms with Crippen molar-refractivity contribution >= 4 is 11.6 Å². The summed E-state index contributed by atoms with van der Waals surface area (Å²) in [6.45, 7) is 4.34. The van der Waals surface area contributed by atoms with Crippen LogP contribution in [0.1, 0.15) is 23.5 Å². The smallest absolute Gasteiger partial charge is 0.0438 e. The lowest BCUT2D eigenvalue weighted by Gasteiger charge is -2.12. The standard InChI is InChI=1S/C11H14ClN/c1-8-10(3-2-4-11(8)12)9-5-6-13-7-9/h2-4,9,13H,5-7H2,1H3. The van der Waals surface area contributed by atoms with Crippen LogP contribution < -0.4 is 5.32 Å². The quantitative estimate of drug-likeness (QED) is 0.727. The van der Waals surface area contributed by atoms with Gasteiger partial charge in [0.1, 0.15) is 0 Å². The van der Waals surface area contributed by atoms with Crippen molar-refractivity contribution in [2.75, 3.05) is 13.1 Å². The lowest BCUT2D eigenvalue weighted by atomic mass is 9.94. The first-order valence-electron chi connectivity index (χ1n) is 4.75. The Bertz CT molecular complexity index is 303. The zero-order chi connectivity index (χ0) is 9.26. The lowest BCUT2D eigenvalue weighted by molar-refractivity contribution is 0.757. The van der Waals surface area contributed by atoms with Crippen LogP contribution in [0.2, 0.25) is 5.02 Å². The highest BCUT2D eigenvalue weighted by Crippen LogP contribution is 2.28. The summed E-state index contributed by atoms with van der Waals surface area (Å²) in [6, 6.07) is 6.20. The zero-order valence-electron chi connectivity index (χ0n) is 7.81. The second kappa shape index (κ2) is 3.69. The van der Waals surface area contributed by atoms with Crippen molar-refractivity contribution in [3.05, 3.63) is 34.3 Å². The number of benzene rings is 1. The topological polar surface area (TPSA) is 12.0 Å². The molecule has 1 saturated heterocycles. The molecule has 1 heterocycles. The average molecular weight is 196 g/mol. The first kappa shape index (κ1) is 9.04. The number of hydrogen-bond acceptors (Lipinski definition) is 1. The van der Waals surface area contributed by atoms with Gasteiger partial charge in [-0.05, 0) is 43.0 Å². The Labute approximate surface area is 84.1 Å². The molecule has 1 atom stereocenters. The molecule has 1 aromatic carbocycles. The van der Waals surface area contributed by atoms with E-state index in [1.165, 1.54) is 17.5 Å². The van der Waals surface area contributed by atoms with E-state index >= 15 is 0 Å². The van der Waals surface area contributed by atoms with E-state index in [9.17, 15) is 0 Å². The van der Waals surface area contributed by atoms with Gasteiger partial charge in [0.25, 0.3) is 0 Å². The van der Waals surface area contributed by atoms with Crippen LogP contribution in [-0.2, 0) is 0 Å². The molecule has 1 unspecified atom stereocenters. The van der Waals surface area contributed by atoms with Crippen LogP contribution in [-0.4, -0.2) is 13.1 Å². The molecule has 2 rings (SSSR count). The summed E-state index contributed by atoms with van der Waals surface area (Å²) in [5, 5.41) is 4.27. The molecule has 0 saturated carbocycles. The number of hydrogen-bond donors (Lipinski definition) is 1. The van der Waals surface area contributed by atoms with E-state index in [1.807, 2.05) is 12.1 Å². The fourth-order valence-electron chi connectivity index (χ4n) is 1.99. The molecule has 2 heteroatoms. The minimum absolute atomic E-state index is 0.665. The first-order valence-corrected chi connectivity index (χ1v) is 5.12. The van der Waals surface area contributed by atoms with E-state index in [0.717, 1.165) is 18.1 Å². The van der Waals surface area contributed by atoms with Crippen molar-refractivity contribution in [3.63, 3.8) is 0 Å². The molecule has 1 aromatic rings.